The van der Waals surface area contributed by atoms with Gasteiger partial charge in [0.05, 0.1) is 58.5 Å². The van der Waals surface area contributed by atoms with Gasteiger partial charge in [0.25, 0.3) is 0 Å². The van der Waals surface area contributed by atoms with E-state index in [0.717, 1.165) is 70.3 Å². The molecule has 134 valence electrons. The number of aromatic nitrogens is 1. The van der Waals surface area contributed by atoms with E-state index in [2.05, 4.69) is 27.9 Å². The number of aromatic amines is 1. The lowest BCUT2D eigenvalue weighted by atomic mass is 9.94. The van der Waals surface area contributed by atoms with Crippen LogP contribution in [-0.4, -0.2) is 53.0 Å². The predicted molar refractivity (Wildman–Crippen MR) is 96.0 cm³/mol. The molecule has 3 aliphatic rings. The van der Waals surface area contributed by atoms with E-state index in [1.54, 1.807) is 0 Å². The van der Waals surface area contributed by atoms with E-state index < -0.39 is 0 Å². The average Bonchev–Trinajstić information content (AvgIpc) is 2.68. The molecule has 4 heterocycles. The summed E-state index contributed by atoms with van der Waals surface area (Å²) in [5.41, 5.74) is 3.53. The summed E-state index contributed by atoms with van der Waals surface area (Å²) in [4.78, 5) is 10.1. The Morgan fingerprint density at radius 2 is 1.72 bits per heavy atom. The van der Waals surface area contributed by atoms with Gasteiger partial charge in [-0.3, -0.25) is 9.80 Å². The highest BCUT2D eigenvalue weighted by atomic mass is 16.5. The second-order valence-corrected chi connectivity index (χ2v) is 7.55. The van der Waals surface area contributed by atoms with Crippen LogP contribution in [0.2, 0.25) is 0 Å². The fraction of sp³-hybridized carbons (Fsp3) is 0.684. The van der Waals surface area contributed by atoms with Gasteiger partial charge in [-0.15, -0.1) is 0 Å². The third-order valence-corrected chi connectivity index (χ3v) is 5.82. The Morgan fingerprint density at radius 3 is 2.44 bits per heavy atom. The molecule has 0 radical (unpaired) electrons. The number of morpholine rings is 1. The van der Waals surface area contributed by atoms with E-state index in [1.807, 2.05) is 0 Å². The van der Waals surface area contributed by atoms with Crippen molar-refractivity contribution >= 4 is 11.6 Å². The minimum atomic E-state index is 0.738. The maximum absolute atomic E-state index is 9.92. The third-order valence-electron chi connectivity index (χ3n) is 5.82. The summed E-state index contributed by atoms with van der Waals surface area (Å²) in [5, 5.41) is 9.92. The second kappa shape index (κ2) is 7.19. The lowest BCUT2D eigenvalue weighted by molar-refractivity contribution is -0.895. The normalized spacial score (nSPS) is 23.9. The molecule has 0 bridgehead atoms. The van der Waals surface area contributed by atoms with Crippen molar-refractivity contribution in [2.24, 2.45) is 0 Å². The topological polar surface area (TPSA) is 58.1 Å². The van der Waals surface area contributed by atoms with Gasteiger partial charge in [-0.2, -0.15) is 5.26 Å². The third kappa shape index (κ3) is 3.19. The van der Waals surface area contributed by atoms with Crippen LogP contribution >= 0.6 is 0 Å². The van der Waals surface area contributed by atoms with Gasteiger partial charge in [0.2, 0.25) is 11.6 Å². The zero-order chi connectivity index (χ0) is 17.2. The Bertz CT molecular complexity index is 671. The highest BCUT2D eigenvalue weighted by molar-refractivity contribution is 5.62. The summed E-state index contributed by atoms with van der Waals surface area (Å²) in [6.45, 7) is 7.54. The molecule has 2 N–H and O–H groups in total. The summed E-state index contributed by atoms with van der Waals surface area (Å²) in [6.07, 6.45) is 4.85. The summed E-state index contributed by atoms with van der Waals surface area (Å²) in [6, 6.07) is 2.52. The zero-order valence-corrected chi connectivity index (χ0v) is 15.2. The zero-order valence-electron chi connectivity index (χ0n) is 15.2. The number of ether oxygens (including phenoxy) is 1. The number of piperidine rings is 1. The Labute approximate surface area is 150 Å². The van der Waals surface area contributed by atoms with E-state index in [4.69, 9.17) is 4.74 Å². The lowest BCUT2D eigenvalue weighted by Crippen LogP contribution is -3.08. The fourth-order valence-electron chi connectivity index (χ4n) is 4.41. The molecule has 2 saturated heterocycles. The molecule has 1 unspecified atom stereocenters. The Morgan fingerprint density at radius 1 is 1.00 bits per heavy atom. The van der Waals surface area contributed by atoms with Crippen LogP contribution in [0, 0.1) is 11.3 Å². The number of fused-ring (bicyclic) bond motifs is 1. The summed E-state index contributed by atoms with van der Waals surface area (Å²) >= 11 is 0. The SMILES string of the molecule is C[NH+]1CCc2c(C#N)c(N3CCOCC3)[nH+]c(N3CCCCC3)c2C1. The molecule has 0 spiro atoms. The fourth-order valence-corrected chi connectivity index (χ4v) is 4.41. The summed E-state index contributed by atoms with van der Waals surface area (Å²) < 4.78 is 5.52. The first-order valence-corrected chi connectivity index (χ1v) is 9.68. The minimum Gasteiger partial charge on any atom is -0.375 e. The number of rotatable bonds is 2. The van der Waals surface area contributed by atoms with Crippen LogP contribution in [0.4, 0.5) is 11.6 Å². The van der Waals surface area contributed by atoms with Crippen molar-refractivity contribution in [2.75, 3.05) is 62.8 Å². The Balaban J connectivity index is 1.82. The van der Waals surface area contributed by atoms with Crippen molar-refractivity contribution in [1.29, 1.82) is 5.26 Å². The van der Waals surface area contributed by atoms with Crippen LogP contribution < -0.4 is 19.7 Å². The van der Waals surface area contributed by atoms with Gasteiger partial charge >= 0.3 is 0 Å². The molecule has 0 amide bonds. The van der Waals surface area contributed by atoms with Crippen LogP contribution in [0.3, 0.4) is 0 Å². The van der Waals surface area contributed by atoms with E-state index in [9.17, 15) is 5.26 Å². The number of nitrogens with one attached hydrogen (secondary N) is 2. The van der Waals surface area contributed by atoms with E-state index in [-0.39, 0.29) is 0 Å². The quantitative estimate of drug-likeness (QED) is 0.806. The highest BCUT2D eigenvalue weighted by Gasteiger charge is 2.34. The molecular formula is C19H29N5O+2. The summed E-state index contributed by atoms with van der Waals surface area (Å²) in [5.74, 6) is 2.29. The minimum absolute atomic E-state index is 0.738. The Kier molecular flexibility index (Phi) is 4.78. The van der Waals surface area contributed by atoms with Gasteiger partial charge in [-0.25, -0.2) is 4.98 Å². The number of anilines is 2. The van der Waals surface area contributed by atoms with E-state index >= 15 is 0 Å². The number of quaternary nitrogens is 1. The molecule has 2 fully saturated rings. The van der Waals surface area contributed by atoms with Gasteiger partial charge < -0.3 is 9.64 Å². The van der Waals surface area contributed by atoms with Gasteiger partial charge in [0.1, 0.15) is 18.2 Å². The second-order valence-electron chi connectivity index (χ2n) is 7.55. The maximum atomic E-state index is 9.92. The van der Waals surface area contributed by atoms with Crippen LogP contribution in [0.15, 0.2) is 0 Å². The first-order valence-electron chi connectivity index (χ1n) is 9.68. The van der Waals surface area contributed by atoms with Gasteiger partial charge in [-0.05, 0) is 24.8 Å². The molecule has 1 aromatic heterocycles. The average molecular weight is 343 g/mol. The molecule has 3 aliphatic heterocycles. The standard InChI is InChI=1S/C19H27N5O/c1-22-8-5-15-16(13-20)18(24-9-11-25-12-10-24)21-19(17(15)14-22)23-6-3-2-4-7-23/h2-12,14H2,1H3/p+2. The molecule has 25 heavy (non-hydrogen) atoms. The van der Waals surface area contributed by atoms with Crippen LogP contribution in [0.25, 0.3) is 0 Å². The molecule has 4 rings (SSSR count). The monoisotopic (exact) mass is 343 g/mol. The number of likely N-dealkylation sites (N-methyl/N-ethyl adjacent to an activating group) is 1. The first-order chi connectivity index (χ1) is 12.3. The van der Waals surface area contributed by atoms with Crippen molar-refractivity contribution in [1.82, 2.24) is 0 Å². The number of nitriles is 1. The molecule has 0 aromatic carbocycles. The van der Waals surface area contributed by atoms with Crippen molar-refractivity contribution in [3.63, 3.8) is 0 Å². The predicted octanol–water partition coefficient (Wildman–Crippen LogP) is -0.230. The molecule has 6 nitrogen and oxygen atoms in total. The van der Waals surface area contributed by atoms with Gasteiger partial charge in [0, 0.05) is 6.42 Å². The van der Waals surface area contributed by atoms with E-state index in [1.165, 1.54) is 41.1 Å². The number of hydrogen-bond acceptors (Lipinski definition) is 4. The molecule has 0 saturated carbocycles. The highest BCUT2D eigenvalue weighted by Crippen LogP contribution is 2.30. The largest absolute Gasteiger partial charge is 0.375 e. The van der Waals surface area contributed by atoms with Crippen molar-refractivity contribution < 1.29 is 14.6 Å². The maximum Gasteiger partial charge on any atom is 0.240 e. The number of pyridine rings is 1. The molecule has 0 aliphatic carbocycles. The number of H-pyrrole nitrogens is 1. The first kappa shape index (κ1) is 16.6. The lowest BCUT2D eigenvalue weighted by Gasteiger charge is -2.32. The van der Waals surface area contributed by atoms with Crippen LogP contribution in [0.1, 0.15) is 36.0 Å². The van der Waals surface area contributed by atoms with E-state index in [0.29, 0.717) is 0 Å². The number of hydrogen-bond donors (Lipinski definition) is 1. The van der Waals surface area contributed by atoms with Gasteiger partial charge in [0.15, 0.2) is 0 Å². The van der Waals surface area contributed by atoms with Gasteiger partial charge in [-0.1, -0.05) is 0 Å². The molecular weight excluding hydrogens is 314 g/mol. The Hall–Kier alpha value is -1.84. The molecule has 1 atom stereocenters. The smallest absolute Gasteiger partial charge is 0.240 e. The molecule has 1 aromatic rings. The van der Waals surface area contributed by atoms with Crippen molar-refractivity contribution in [2.45, 2.75) is 32.2 Å². The van der Waals surface area contributed by atoms with Crippen molar-refractivity contribution in [3.05, 3.63) is 16.7 Å². The van der Waals surface area contributed by atoms with Crippen LogP contribution in [0.5, 0.6) is 0 Å². The van der Waals surface area contributed by atoms with Crippen molar-refractivity contribution in [3.8, 4) is 6.07 Å². The number of nitrogens with zero attached hydrogens (tertiary/aromatic N) is 3. The molecule has 6 heteroatoms. The van der Waals surface area contributed by atoms with Crippen LogP contribution in [-0.2, 0) is 17.7 Å². The summed E-state index contributed by atoms with van der Waals surface area (Å²) in [7, 11) is 2.25.